The third-order valence-corrected chi connectivity index (χ3v) is 4.14. The fourth-order valence-electron chi connectivity index (χ4n) is 1.84. The topological polar surface area (TPSA) is 76.0 Å². The fourth-order valence-corrected chi connectivity index (χ4v) is 2.83. The van der Waals surface area contributed by atoms with Gasteiger partial charge in [0.05, 0.1) is 18.4 Å². The molecule has 114 valence electrons. The molecule has 0 spiro atoms. The Morgan fingerprint density at radius 3 is 2.76 bits per heavy atom. The Kier molecular flexibility index (Phi) is 4.59. The van der Waals surface area contributed by atoms with Crippen molar-refractivity contribution in [2.45, 2.75) is 18.4 Å². The molecule has 2 aromatic rings. The molecule has 21 heavy (non-hydrogen) atoms. The number of rotatable bonds is 6. The second kappa shape index (κ2) is 6.23. The number of anilines is 1. The van der Waals surface area contributed by atoms with Gasteiger partial charge in [-0.2, -0.15) is 5.10 Å². The molecule has 0 aliphatic heterocycles. The summed E-state index contributed by atoms with van der Waals surface area (Å²) in [4.78, 5) is 0.0421. The molecular formula is C13H17FN4O2S. The molecule has 0 atom stereocenters. The first-order valence-corrected chi connectivity index (χ1v) is 7.86. The zero-order valence-electron chi connectivity index (χ0n) is 11.8. The summed E-state index contributed by atoms with van der Waals surface area (Å²) >= 11 is 0. The standard InChI is InChI=1S/C13H17FN4O2S/c1-10-5-11(14)7-12(6-10)17-21(19,20)13-8-16-18(9-13)4-3-15-2/h5-9,15,17H,3-4H2,1-2H3. The van der Waals surface area contributed by atoms with E-state index in [4.69, 9.17) is 0 Å². The van der Waals surface area contributed by atoms with Gasteiger partial charge in [0.2, 0.25) is 0 Å². The number of hydrogen-bond donors (Lipinski definition) is 2. The zero-order chi connectivity index (χ0) is 15.5. The second-order valence-corrected chi connectivity index (χ2v) is 6.35. The first-order chi connectivity index (χ1) is 9.90. The van der Waals surface area contributed by atoms with Crippen molar-refractivity contribution in [2.24, 2.45) is 0 Å². The molecule has 0 amide bonds. The van der Waals surface area contributed by atoms with Gasteiger partial charge in [0.15, 0.2) is 0 Å². The molecule has 0 saturated heterocycles. The van der Waals surface area contributed by atoms with Crippen LogP contribution >= 0.6 is 0 Å². The molecular weight excluding hydrogens is 295 g/mol. The molecule has 0 radical (unpaired) electrons. The predicted molar refractivity (Wildman–Crippen MR) is 78.1 cm³/mol. The summed E-state index contributed by atoms with van der Waals surface area (Å²) in [5, 5.41) is 6.93. The molecule has 0 unspecified atom stereocenters. The van der Waals surface area contributed by atoms with Crippen LogP contribution in [0.2, 0.25) is 0 Å². The lowest BCUT2D eigenvalue weighted by molar-refractivity contribution is 0.582. The molecule has 6 nitrogen and oxygen atoms in total. The monoisotopic (exact) mass is 312 g/mol. The maximum Gasteiger partial charge on any atom is 0.265 e. The smallest absolute Gasteiger partial charge is 0.265 e. The Morgan fingerprint density at radius 1 is 1.33 bits per heavy atom. The lowest BCUT2D eigenvalue weighted by Crippen LogP contribution is -2.15. The van der Waals surface area contributed by atoms with Crippen molar-refractivity contribution >= 4 is 15.7 Å². The minimum absolute atomic E-state index is 0.0421. The molecule has 0 aliphatic carbocycles. The SMILES string of the molecule is CNCCn1cc(S(=O)(=O)Nc2cc(C)cc(F)c2)cn1. The minimum atomic E-state index is -3.77. The number of nitrogens with one attached hydrogen (secondary N) is 2. The quantitative estimate of drug-likeness (QED) is 0.844. The van der Waals surface area contributed by atoms with Gasteiger partial charge in [-0.1, -0.05) is 0 Å². The van der Waals surface area contributed by atoms with Gasteiger partial charge < -0.3 is 5.32 Å². The van der Waals surface area contributed by atoms with Crippen molar-refractivity contribution in [2.75, 3.05) is 18.3 Å². The lowest BCUT2D eigenvalue weighted by Gasteiger charge is -2.07. The van der Waals surface area contributed by atoms with E-state index in [1.807, 2.05) is 0 Å². The van der Waals surface area contributed by atoms with Gasteiger partial charge in [0, 0.05) is 12.7 Å². The van der Waals surface area contributed by atoms with E-state index in [-0.39, 0.29) is 10.6 Å². The van der Waals surface area contributed by atoms with E-state index in [1.165, 1.54) is 23.1 Å². The van der Waals surface area contributed by atoms with Crippen LogP contribution < -0.4 is 10.0 Å². The molecule has 1 aromatic heterocycles. The average molecular weight is 312 g/mol. The summed E-state index contributed by atoms with van der Waals surface area (Å²) < 4.78 is 41.6. The molecule has 1 aromatic carbocycles. The number of nitrogens with zero attached hydrogens (tertiary/aromatic N) is 2. The Morgan fingerprint density at radius 2 is 2.10 bits per heavy atom. The highest BCUT2D eigenvalue weighted by atomic mass is 32.2. The number of aromatic nitrogens is 2. The van der Waals surface area contributed by atoms with E-state index in [1.54, 1.807) is 20.0 Å². The number of aryl methyl sites for hydroxylation is 1. The van der Waals surface area contributed by atoms with Crippen LogP contribution in [0.15, 0.2) is 35.5 Å². The molecule has 2 rings (SSSR count). The first-order valence-electron chi connectivity index (χ1n) is 6.38. The van der Waals surface area contributed by atoms with Crippen LogP contribution in [-0.2, 0) is 16.6 Å². The van der Waals surface area contributed by atoms with Crippen molar-refractivity contribution in [1.29, 1.82) is 0 Å². The molecule has 0 aliphatic rings. The summed E-state index contributed by atoms with van der Waals surface area (Å²) in [5.74, 6) is -0.489. The van der Waals surface area contributed by atoms with Gasteiger partial charge in [0.1, 0.15) is 10.7 Å². The fraction of sp³-hybridized carbons (Fsp3) is 0.308. The van der Waals surface area contributed by atoms with Crippen LogP contribution in [0.25, 0.3) is 0 Å². The Bertz CT molecular complexity index is 707. The predicted octanol–water partition coefficient (Wildman–Crippen LogP) is 1.35. The van der Waals surface area contributed by atoms with Crippen molar-refractivity contribution in [3.05, 3.63) is 42.0 Å². The average Bonchev–Trinajstić information content (AvgIpc) is 2.84. The molecule has 0 fully saturated rings. The van der Waals surface area contributed by atoms with Crippen molar-refractivity contribution in [3.8, 4) is 0 Å². The number of halogens is 1. The molecule has 1 heterocycles. The van der Waals surface area contributed by atoms with E-state index in [0.29, 0.717) is 18.7 Å². The first kappa shape index (κ1) is 15.5. The number of benzene rings is 1. The number of sulfonamides is 1. The third-order valence-electron chi connectivity index (χ3n) is 2.81. The zero-order valence-corrected chi connectivity index (χ0v) is 12.6. The van der Waals surface area contributed by atoms with Gasteiger partial charge in [-0.15, -0.1) is 0 Å². The summed E-state index contributed by atoms with van der Waals surface area (Å²) in [5.41, 5.74) is 0.827. The lowest BCUT2D eigenvalue weighted by atomic mass is 10.2. The van der Waals surface area contributed by atoms with Crippen LogP contribution in [0.1, 0.15) is 5.56 Å². The van der Waals surface area contributed by atoms with E-state index < -0.39 is 15.8 Å². The maximum atomic E-state index is 13.3. The minimum Gasteiger partial charge on any atom is -0.318 e. The van der Waals surface area contributed by atoms with Gasteiger partial charge in [-0.05, 0) is 37.7 Å². The van der Waals surface area contributed by atoms with E-state index in [2.05, 4.69) is 15.1 Å². The second-order valence-electron chi connectivity index (χ2n) is 4.67. The Hall–Kier alpha value is -1.93. The largest absolute Gasteiger partial charge is 0.318 e. The van der Waals surface area contributed by atoms with Crippen LogP contribution in [0, 0.1) is 12.7 Å². The van der Waals surface area contributed by atoms with E-state index in [9.17, 15) is 12.8 Å². The highest BCUT2D eigenvalue weighted by molar-refractivity contribution is 7.92. The molecule has 0 bridgehead atoms. The highest BCUT2D eigenvalue weighted by Gasteiger charge is 2.17. The molecule has 2 N–H and O–H groups in total. The van der Waals surface area contributed by atoms with Crippen molar-refractivity contribution in [1.82, 2.24) is 15.1 Å². The van der Waals surface area contributed by atoms with Gasteiger partial charge in [-0.25, -0.2) is 12.8 Å². The normalized spacial score (nSPS) is 11.6. The van der Waals surface area contributed by atoms with Gasteiger partial charge in [0.25, 0.3) is 10.0 Å². The molecule has 0 saturated carbocycles. The van der Waals surface area contributed by atoms with Crippen LogP contribution in [0.4, 0.5) is 10.1 Å². The van der Waals surface area contributed by atoms with Crippen LogP contribution in [0.3, 0.4) is 0 Å². The third kappa shape index (κ3) is 4.02. The number of likely N-dealkylation sites (N-methyl/N-ethyl adjacent to an activating group) is 1. The number of hydrogen-bond acceptors (Lipinski definition) is 4. The van der Waals surface area contributed by atoms with Crippen molar-refractivity contribution in [3.63, 3.8) is 0 Å². The Labute approximate surface area is 123 Å². The van der Waals surface area contributed by atoms with E-state index in [0.717, 1.165) is 6.07 Å². The van der Waals surface area contributed by atoms with Gasteiger partial charge >= 0.3 is 0 Å². The summed E-state index contributed by atoms with van der Waals surface area (Å²) in [7, 11) is -1.97. The van der Waals surface area contributed by atoms with Crippen molar-refractivity contribution < 1.29 is 12.8 Å². The maximum absolute atomic E-state index is 13.3. The summed E-state index contributed by atoms with van der Waals surface area (Å²) in [6.07, 6.45) is 2.70. The highest BCUT2D eigenvalue weighted by Crippen LogP contribution is 2.18. The van der Waals surface area contributed by atoms with Crippen LogP contribution in [-0.4, -0.2) is 31.8 Å². The van der Waals surface area contributed by atoms with E-state index >= 15 is 0 Å². The van der Waals surface area contributed by atoms with Crippen LogP contribution in [0.5, 0.6) is 0 Å². The molecule has 8 heteroatoms. The van der Waals surface area contributed by atoms with Gasteiger partial charge in [-0.3, -0.25) is 9.40 Å². The Balaban J connectivity index is 2.19. The summed E-state index contributed by atoms with van der Waals surface area (Å²) in [6, 6.07) is 4.02. The summed E-state index contributed by atoms with van der Waals surface area (Å²) in [6.45, 7) is 2.93.